The Balaban J connectivity index is 1.64. The molecule has 0 radical (unpaired) electrons. The van der Waals surface area contributed by atoms with Gasteiger partial charge in [-0.2, -0.15) is 10.1 Å². The molecule has 0 aliphatic rings. The molecule has 0 fully saturated rings. The number of benzene rings is 2. The van der Waals surface area contributed by atoms with Crippen LogP contribution in [0.25, 0.3) is 22.6 Å². The van der Waals surface area contributed by atoms with Crippen molar-refractivity contribution in [3.8, 4) is 39.9 Å². The molecule has 164 valence electrons. The van der Waals surface area contributed by atoms with Crippen LogP contribution in [0.15, 0.2) is 57.8 Å². The largest absolute Gasteiger partial charge is 0.493 e. The summed E-state index contributed by atoms with van der Waals surface area (Å²) < 4.78 is 22.8. The summed E-state index contributed by atoms with van der Waals surface area (Å²) >= 11 is 0. The Morgan fingerprint density at radius 1 is 0.906 bits per heavy atom. The van der Waals surface area contributed by atoms with E-state index in [1.165, 1.54) is 32.1 Å². The number of hydrogen-bond acceptors (Lipinski definition) is 8. The fourth-order valence-corrected chi connectivity index (χ4v) is 3.22. The second-order valence-corrected chi connectivity index (χ2v) is 7.01. The average molecular weight is 434 g/mol. The molecule has 9 heteroatoms. The summed E-state index contributed by atoms with van der Waals surface area (Å²) in [7, 11) is 4.59. The summed E-state index contributed by atoms with van der Waals surface area (Å²) in [5.41, 5.74) is 3.07. The van der Waals surface area contributed by atoms with Gasteiger partial charge in [-0.1, -0.05) is 35.0 Å². The van der Waals surface area contributed by atoms with E-state index in [4.69, 9.17) is 18.7 Å². The second-order valence-electron chi connectivity index (χ2n) is 7.01. The molecule has 0 unspecified atom stereocenters. The normalized spacial score (nSPS) is 10.8. The van der Waals surface area contributed by atoms with Crippen LogP contribution in [0.2, 0.25) is 0 Å². The van der Waals surface area contributed by atoms with Crippen molar-refractivity contribution >= 4 is 0 Å². The minimum atomic E-state index is -0.270. The summed E-state index contributed by atoms with van der Waals surface area (Å²) in [5.74, 6) is 1.96. The van der Waals surface area contributed by atoms with E-state index in [1.807, 2.05) is 31.2 Å². The molecule has 2 aromatic heterocycles. The number of methoxy groups -OCH3 is 3. The molecular weight excluding hydrogens is 412 g/mol. The Morgan fingerprint density at radius 2 is 1.59 bits per heavy atom. The zero-order valence-electron chi connectivity index (χ0n) is 18.2. The van der Waals surface area contributed by atoms with Crippen LogP contribution in [0.3, 0.4) is 0 Å². The molecule has 0 spiro atoms. The van der Waals surface area contributed by atoms with Crippen molar-refractivity contribution in [2.45, 2.75) is 13.5 Å². The predicted octanol–water partition coefficient (Wildman–Crippen LogP) is 3.34. The summed E-state index contributed by atoms with van der Waals surface area (Å²) in [6.07, 6.45) is 0. The topological polar surface area (TPSA) is 102 Å². The average Bonchev–Trinajstić information content (AvgIpc) is 3.28. The molecule has 4 aromatic rings. The van der Waals surface area contributed by atoms with Crippen molar-refractivity contribution in [1.82, 2.24) is 19.9 Å². The summed E-state index contributed by atoms with van der Waals surface area (Å²) in [6.45, 7) is 2.05. The minimum absolute atomic E-state index is 0.0377. The standard InChI is InChI=1S/C23H22N4O5/c1-14-5-7-15(8-6-14)17-9-10-21(28)27(25-17)13-20-24-23(26-32-20)16-11-18(29-2)22(31-4)19(12-16)30-3/h5-12H,13H2,1-4H3. The lowest BCUT2D eigenvalue weighted by molar-refractivity contribution is 0.324. The maximum atomic E-state index is 12.3. The molecule has 2 heterocycles. The van der Waals surface area contributed by atoms with Gasteiger partial charge in [0.05, 0.1) is 27.0 Å². The van der Waals surface area contributed by atoms with Crippen molar-refractivity contribution in [3.05, 3.63) is 70.3 Å². The van der Waals surface area contributed by atoms with Crippen LogP contribution in [0, 0.1) is 6.92 Å². The van der Waals surface area contributed by atoms with Crippen LogP contribution >= 0.6 is 0 Å². The van der Waals surface area contributed by atoms with Crippen LogP contribution in [0.4, 0.5) is 0 Å². The fraction of sp³-hybridized carbons (Fsp3) is 0.217. The van der Waals surface area contributed by atoms with Crippen molar-refractivity contribution in [1.29, 1.82) is 0 Å². The van der Waals surface area contributed by atoms with Crippen molar-refractivity contribution in [2.24, 2.45) is 0 Å². The molecular formula is C23H22N4O5. The summed E-state index contributed by atoms with van der Waals surface area (Å²) in [4.78, 5) is 16.7. The monoisotopic (exact) mass is 434 g/mol. The van der Waals surface area contributed by atoms with Gasteiger partial charge in [0, 0.05) is 17.2 Å². The summed E-state index contributed by atoms with van der Waals surface area (Å²) in [5, 5.41) is 8.47. The lowest BCUT2D eigenvalue weighted by Gasteiger charge is -2.12. The molecule has 0 amide bonds. The molecule has 0 aliphatic carbocycles. The van der Waals surface area contributed by atoms with Gasteiger partial charge in [-0.25, -0.2) is 4.68 Å². The van der Waals surface area contributed by atoms with Gasteiger partial charge in [-0.3, -0.25) is 4.79 Å². The number of ether oxygens (including phenoxy) is 3. The lowest BCUT2D eigenvalue weighted by atomic mass is 10.1. The molecule has 0 atom stereocenters. The molecule has 0 saturated carbocycles. The van der Waals surface area contributed by atoms with E-state index in [0.717, 1.165) is 11.1 Å². The lowest BCUT2D eigenvalue weighted by Crippen LogP contribution is -2.23. The maximum Gasteiger partial charge on any atom is 0.267 e. The van der Waals surface area contributed by atoms with Gasteiger partial charge in [0.2, 0.25) is 17.5 Å². The highest BCUT2D eigenvalue weighted by Gasteiger charge is 2.18. The van der Waals surface area contributed by atoms with E-state index in [2.05, 4.69) is 15.2 Å². The van der Waals surface area contributed by atoms with E-state index in [1.54, 1.807) is 18.2 Å². The highest BCUT2D eigenvalue weighted by atomic mass is 16.5. The molecule has 0 N–H and O–H groups in total. The van der Waals surface area contributed by atoms with Gasteiger partial charge in [0.1, 0.15) is 6.54 Å². The Hall–Kier alpha value is -4.14. The third-order valence-electron chi connectivity index (χ3n) is 4.89. The molecule has 32 heavy (non-hydrogen) atoms. The van der Waals surface area contributed by atoms with E-state index >= 15 is 0 Å². The number of nitrogens with zero attached hydrogens (tertiary/aromatic N) is 4. The van der Waals surface area contributed by atoms with E-state index in [0.29, 0.717) is 34.3 Å². The SMILES string of the molecule is COc1cc(-c2noc(Cn3nc(-c4ccc(C)cc4)ccc3=O)n2)cc(OC)c1OC. The van der Waals surface area contributed by atoms with Crippen LogP contribution < -0.4 is 19.8 Å². The van der Waals surface area contributed by atoms with E-state index in [9.17, 15) is 4.79 Å². The Morgan fingerprint density at radius 3 is 2.22 bits per heavy atom. The Bertz CT molecular complexity index is 1270. The third-order valence-corrected chi connectivity index (χ3v) is 4.89. The number of rotatable bonds is 7. The highest BCUT2D eigenvalue weighted by Crippen LogP contribution is 2.40. The zero-order valence-corrected chi connectivity index (χ0v) is 18.2. The van der Waals surface area contributed by atoms with Gasteiger partial charge in [0.25, 0.3) is 5.56 Å². The molecule has 0 bridgehead atoms. The first-order chi connectivity index (χ1) is 15.5. The number of aromatic nitrogens is 4. The van der Waals surface area contributed by atoms with Crippen molar-refractivity contribution in [3.63, 3.8) is 0 Å². The van der Waals surface area contributed by atoms with Crippen molar-refractivity contribution < 1.29 is 18.7 Å². The number of aryl methyl sites for hydroxylation is 1. The van der Waals surface area contributed by atoms with E-state index < -0.39 is 0 Å². The van der Waals surface area contributed by atoms with Crippen LogP contribution in [-0.4, -0.2) is 41.3 Å². The zero-order chi connectivity index (χ0) is 22.7. The maximum absolute atomic E-state index is 12.3. The van der Waals surface area contributed by atoms with Gasteiger partial charge in [-0.05, 0) is 25.1 Å². The first-order valence-electron chi connectivity index (χ1n) is 9.80. The highest BCUT2D eigenvalue weighted by molar-refractivity contribution is 5.66. The molecule has 0 aliphatic heterocycles. The first-order valence-corrected chi connectivity index (χ1v) is 9.80. The van der Waals surface area contributed by atoms with Gasteiger partial charge in [-0.15, -0.1) is 0 Å². The fourth-order valence-electron chi connectivity index (χ4n) is 3.22. The quantitative estimate of drug-likeness (QED) is 0.436. The van der Waals surface area contributed by atoms with Crippen LogP contribution in [0.5, 0.6) is 17.2 Å². The van der Waals surface area contributed by atoms with Crippen LogP contribution in [0.1, 0.15) is 11.5 Å². The Kier molecular flexibility index (Phi) is 5.89. The van der Waals surface area contributed by atoms with Gasteiger partial charge in [0.15, 0.2) is 11.5 Å². The first kappa shape index (κ1) is 21.1. The minimum Gasteiger partial charge on any atom is -0.493 e. The summed E-state index contributed by atoms with van der Waals surface area (Å²) in [6, 6.07) is 14.5. The Labute approximate surface area is 184 Å². The molecule has 2 aromatic carbocycles. The molecule has 0 saturated heterocycles. The molecule has 9 nitrogen and oxygen atoms in total. The smallest absolute Gasteiger partial charge is 0.267 e. The number of hydrogen-bond donors (Lipinski definition) is 0. The second kappa shape index (κ2) is 8.93. The molecule has 4 rings (SSSR count). The van der Waals surface area contributed by atoms with Gasteiger partial charge < -0.3 is 18.7 Å². The van der Waals surface area contributed by atoms with Gasteiger partial charge >= 0.3 is 0 Å². The predicted molar refractivity (Wildman–Crippen MR) is 117 cm³/mol. The third kappa shape index (κ3) is 4.18. The van der Waals surface area contributed by atoms with Crippen molar-refractivity contribution in [2.75, 3.05) is 21.3 Å². The van der Waals surface area contributed by atoms with E-state index in [-0.39, 0.29) is 18.0 Å². The van der Waals surface area contributed by atoms with Crippen LogP contribution in [-0.2, 0) is 6.54 Å².